The summed E-state index contributed by atoms with van der Waals surface area (Å²) in [6.45, 7) is 1.91. The Bertz CT molecular complexity index is 519. The van der Waals surface area contributed by atoms with E-state index >= 15 is 0 Å². The van der Waals surface area contributed by atoms with Gasteiger partial charge < -0.3 is 4.74 Å². The summed E-state index contributed by atoms with van der Waals surface area (Å²) >= 11 is 9.13. The van der Waals surface area contributed by atoms with Crippen LogP contribution < -0.4 is 4.74 Å². The molecule has 0 saturated carbocycles. The minimum atomic E-state index is 0.406. The quantitative estimate of drug-likeness (QED) is 0.786. The predicted octanol–water partition coefficient (Wildman–Crippen LogP) is 3.99. The van der Waals surface area contributed by atoms with Crippen LogP contribution in [0.25, 0.3) is 0 Å². The minimum absolute atomic E-state index is 0.406. The summed E-state index contributed by atoms with van der Waals surface area (Å²) in [6, 6.07) is 3.51. The maximum Gasteiger partial charge on any atom is 0.146 e. The molecule has 2 heterocycles. The molecule has 0 saturated heterocycles. The highest BCUT2D eigenvalue weighted by Crippen LogP contribution is 2.27. The Hall–Kier alpha value is -1.13. The second-order valence-corrected chi connectivity index (χ2v) is 4.52. The molecule has 82 valence electrons. The van der Waals surface area contributed by atoms with Crippen LogP contribution in [-0.2, 0) is 0 Å². The second kappa shape index (κ2) is 4.80. The maximum atomic E-state index is 5.80. The lowest BCUT2D eigenvalue weighted by Gasteiger charge is -2.08. The Kier molecular flexibility index (Phi) is 3.41. The van der Waals surface area contributed by atoms with Crippen molar-refractivity contribution in [2.45, 2.75) is 6.92 Å². The number of aromatic nitrogens is 2. The van der Waals surface area contributed by atoms with Crippen LogP contribution in [0, 0.1) is 6.92 Å². The molecule has 0 atom stereocenters. The SMILES string of the molecule is Cc1cnc(Cl)cc1Oc1cncc(Br)c1. The van der Waals surface area contributed by atoms with Crippen molar-refractivity contribution in [1.29, 1.82) is 0 Å². The number of ether oxygens (including phenoxy) is 1. The first-order valence-electron chi connectivity index (χ1n) is 4.56. The molecular formula is C11H8BrClN2O. The second-order valence-electron chi connectivity index (χ2n) is 3.21. The first-order chi connectivity index (χ1) is 7.65. The maximum absolute atomic E-state index is 5.80. The van der Waals surface area contributed by atoms with Gasteiger partial charge in [-0.2, -0.15) is 0 Å². The smallest absolute Gasteiger partial charge is 0.146 e. The lowest BCUT2D eigenvalue weighted by atomic mass is 10.3. The lowest BCUT2D eigenvalue weighted by molar-refractivity contribution is 0.475. The van der Waals surface area contributed by atoms with E-state index in [1.54, 1.807) is 24.7 Å². The zero-order valence-corrected chi connectivity index (χ0v) is 10.8. The van der Waals surface area contributed by atoms with Crippen molar-refractivity contribution in [2.24, 2.45) is 0 Å². The average Bonchev–Trinajstić information content (AvgIpc) is 2.24. The molecule has 0 aliphatic rings. The van der Waals surface area contributed by atoms with E-state index in [9.17, 15) is 0 Å². The van der Waals surface area contributed by atoms with Crippen LogP contribution in [0.4, 0.5) is 0 Å². The molecule has 0 fully saturated rings. The Morgan fingerprint density at radius 2 is 2.06 bits per heavy atom. The van der Waals surface area contributed by atoms with Gasteiger partial charge in [0.25, 0.3) is 0 Å². The Morgan fingerprint density at radius 3 is 2.81 bits per heavy atom. The van der Waals surface area contributed by atoms with E-state index in [0.717, 1.165) is 10.0 Å². The van der Waals surface area contributed by atoms with Crippen LogP contribution >= 0.6 is 27.5 Å². The Balaban J connectivity index is 2.30. The van der Waals surface area contributed by atoms with E-state index in [1.807, 2.05) is 13.0 Å². The molecule has 0 bridgehead atoms. The minimum Gasteiger partial charge on any atom is -0.455 e. The monoisotopic (exact) mass is 298 g/mol. The molecule has 0 spiro atoms. The van der Waals surface area contributed by atoms with Crippen molar-refractivity contribution in [3.8, 4) is 11.5 Å². The molecule has 0 radical (unpaired) electrons. The molecule has 0 N–H and O–H groups in total. The number of rotatable bonds is 2. The van der Waals surface area contributed by atoms with Crippen molar-refractivity contribution < 1.29 is 4.74 Å². The topological polar surface area (TPSA) is 35.0 Å². The molecule has 3 nitrogen and oxygen atoms in total. The van der Waals surface area contributed by atoms with E-state index in [1.165, 1.54) is 0 Å². The fraction of sp³-hybridized carbons (Fsp3) is 0.0909. The summed E-state index contributed by atoms with van der Waals surface area (Å²) < 4.78 is 6.52. The summed E-state index contributed by atoms with van der Waals surface area (Å²) in [6.07, 6.45) is 5.00. The highest BCUT2D eigenvalue weighted by atomic mass is 79.9. The molecule has 0 unspecified atom stereocenters. The summed E-state index contributed by atoms with van der Waals surface area (Å²) in [5.74, 6) is 1.33. The summed E-state index contributed by atoms with van der Waals surface area (Å²) in [5.41, 5.74) is 0.921. The Morgan fingerprint density at radius 1 is 1.25 bits per heavy atom. The highest BCUT2D eigenvalue weighted by Gasteiger charge is 2.04. The highest BCUT2D eigenvalue weighted by molar-refractivity contribution is 9.10. The first kappa shape index (κ1) is 11.4. The lowest BCUT2D eigenvalue weighted by Crippen LogP contribution is -1.89. The van der Waals surface area contributed by atoms with Gasteiger partial charge in [0, 0.05) is 28.5 Å². The molecular weight excluding hydrogens is 291 g/mol. The molecule has 0 aromatic carbocycles. The van der Waals surface area contributed by atoms with Gasteiger partial charge in [-0.3, -0.25) is 4.98 Å². The van der Waals surface area contributed by atoms with Crippen LogP contribution in [0.1, 0.15) is 5.56 Å². The normalized spacial score (nSPS) is 10.2. The number of hydrogen-bond donors (Lipinski definition) is 0. The van der Waals surface area contributed by atoms with E-state index in [0.29, 0.717) is 16.7 Å². The van der Waals surface area contributed by atoms with Crippen LogP contribution in [0.2, 0.25) is 5.15 Å². The van der Waals surface area contributed by atoms with Crippen molar-refractivity contribution in [3.05, 3.63) is 45.9 Å². The van der Waals surface area contributed by atoms with Gasteiger partial charge >= 0.3 is 0 Å². The van der Waals surface area contributed by atoms with E-state index in [-0.39, 0.29) is 0 Å². The van der Waals surface area contributed by atoms with Gasteiger partial charge in [-0.25, -0.2) is 4.98 Å². The van der Waals surface area contributed by atoms with E-state index < -0.39 is 0 Å². The fourth-order valence-corrected chi connectivity index (χ4v) is 1.66. The van der Waals surface area contributed by atoms with Gasteiger partial charge in [0.05, 0.1) is 6.20 Å². The standard InChI is InChI=1S/C11H8BrClN2O/c1-7-4-15-11(13)3-10(7)16-9-2-8(12)5-14-6-9/h2-6H,1H3. The molecule has 0 amide bonds. The summed E-state index contributed by atoms with van der Waals surface area (Å²) in [7, 11) is 0. The van der Waals surface area contributed by atoms with Gasteiger partial charge in [-0.1, -0.05) is 11.6 Å². The molecule has 2 aromatic heterocycles. The predicted molar refractivity (Wildman–Crippen MR) is 66.0 cm³/mol. The number of hydrogen-bond acceptors (Lipinski definition) is 3. The summed E-state index contributed by atoms with van der Waals surface area (Å²) in [5, 5.41) is 0.406. The summed E-state index contributed by atoms with van der Waals surface area (Å²) in [4.78, 5) is 7.97. The fourth-order valence-electron chi connectivity index (χ4n) is 1.17. The number of nitrogens with zero attached hydrogens (tertiary/aromatic N) is 2. The molecule has 2 aromatic rings. The van der Waals surface area contributed by atoms with Crippen LogP contribution in [-0.4, -0.2) is 9.97 Å². The van der Waals surface area contributed by atoms with Crippen molar-refractivity contribution in [1.82, 2.24) is 9.97 Å². The van der Waals surface area contributed by atoms with Crippen molar-refractivity contribution in [2.75, 3.05) is 0 Å². The Labute approximate surface area is 107 Å². The molecule has 0 aliphatic heterocycles. The molecule has 5 heteroatoms. The number of pyridine rings is 2. The third-order valence-corrected chi connectivity index (χ3v) is 2.57. The van der Waals surface area contributed by atoms with Crippen molar-refractivity contribution in [3.63, 3.8) is 0 Å². The van der Waals surface area contributed by atoms with Gasteiger partial charge in [-0.05, 0) is 28.9 Å². The zero-order chi connectivity index (χ0) is 11.5. The van der Waals surface area contributed by atoms with Crippen molar-refractivity contribution >= 4 is 27.5 Å². The van der Waals surface area contributed by atoms with Crippen LogP contribution in [0.15, 0.2) is 35.2 Å². The van der Waals surface area contributed by atoms with Crippen LogP contribution in [0.5, 0.6) is 11.5 Å². The third kappa shape index (κ3) is 2.71. The van der Waals surface area contributed by atoms with Gasteiger partial charge in [0.15, 0.2) is 0 Å². The van der Waals surface area contributed by atoms with Gasteiger partial charge in [-0.15, -0.1) is 0 Å². The first-order valence-corrected chi connectivity index (χ1v) is 5.73. The van der Waals surface area contributed by atoms with Gasteiger partial charge in [0.2, 0.25) is 0 Å². The zero-order valence-electron chi connectivity index (χ0n) is 8.45. The molecule has 0 aliphatic carbocycles. The average molecular weight is 300 g/mol. The van der Waals surface area contributed by atoms with E-state index in [2.05, 4.69) is 25.9 Å². The molecule has 16 heavy (non-hydrogen) atoms. The van der Waals surface area contributed by atoms with E-state index in [4.69, 9.17) is 16.3 Å². The van der Waals surface area contributed by atoms with Crippen LogP contribution in [0.3, 0.4) is 0 Å². The number of halogens is 2. The molecule has 2 rings (SSSR count). The largest absolute Gasteiger partial charge is 0.455 e. The third-order valence-electron chi connectivity index (χ3n) is 1.93. The number of aryl methyl sites for hydroxylation is 1. The van der Waals surface area contributed by atoms with Gasteiger partial charge in [0.1, 0.15) is 16.7 Å².